The van der Waals surface area contributed by atoms with E-state index in [9.17, 15) is 18.0 Å². The fourth-order valence-electron chi connectivity index (χ4n) is 5.12. The molecular weight excluding hydrogens is 430 g/mol. The van der Waals surface area contributed by atoms with Crippen LogP contribution in [0, 0.1) is 6.92 Å². The second kappa shape index (κ2) is 9.46. The van der Waals surface area contributed by atoms with E-state index in [4.69, 9.17) is 5.73 Å². The van der Waals surface area contributed by atoms with E-state index < -0.39 is 16.1 Å². The lowest BCUT2D eigenvalue weighted by Gasteiger charge is -2.44. The number of rotatable bonds is 6. The summed E-state index contributed by atoms with van der Waals surface area (Å²) < 4.78 is 29.0. The van der Waals surface area contributed by atoms with Crippen LogP contribution in [0.15, 0.2) is 23.1 Å². The van der Waals surface area contributed by atoms with E-state index in [1.54, 1.807) is 28.9 Å². The van der Waals surface area contributed by atoms with E-state index in [1.165, 1.54) is 12.5 Å². The van der Waals surface area contributed by atoms with Gasteiger partial charge in [-0.3, -0.25) is 14.5 Å². The SMILES string of the molecule is Cc1c(N2CCCC2=O)cccc1S(=O)(=O)N[C@@H](CN)C(=O)N1CCN2CCCCC2C1. The van der Waals surface area contributed by atoms with Gasteiger partial charge in [-0.25, -0.2) is 8.42 Å². The first kappa shape index (κ1) is 23.2. The molecular formula is C22H33N5O4S. The van der Waals surface area contributed by atoms with Gasteiger partial charge in [0.1, 0.15) is 6.04 Å². The summed E-state index contributed by atoms with van der Waals surface area (Å²) in [5, 5.41) is 0. The van der Waals surface area contributed by atoms with Crippen molar-refractivity contribution >= 4 is 27.5 Å². The van der Waals surface area contributed by atoms with E-state index in [2.05, 4.69) is 9.62 Å². The van der Waals surface area contributed by atoms with Crippen molar-refractivity contribution in [3.8, 4) is 0 Å². The minimum atomic E-state index is -4.00. The van der Waals surface area contributed by atoms with Gasteiger partial charge in [-0.05, 0) is 50.4 Å². The lowest BCUT2D eigenvalue weighted by molar-refractivity contribution is -0.136. The van der Waals surface area contributed by atoms with Crippen LogP contribution in [0.4, 0.5) is 5.69 Å². The highest BCUT2D eigenvalue weighted by Gasteiger charge is 2.35. The topological polar surface area (TPSA) is 116 Å². The zero-order valence-electron chi connectivity index (χ0n) is 18.6. The van der Waals surface area contributed by atoms with Crippen LogP contribution in [0.3, 0.4) is 0 Å². The molecule has 3 aliphatic rings. The van der Waals surface area contributed by atoms with Gasteiger partial charge in [0.15, 0.2) is 0 Å². The number of carbonyl (C=O) groups is 2. The standard InChI is InChI=1S/C22H33N5O4S/c1-16-19(27-11-5-9-21(27)28)7-4-8-20(16)32(30,31)24-18(14-23)22(29)26-13-12-25-10-3-2-6-17(25)15-26/h4,7-8,17-18,24H,2-3,5-6,9-15,23H2,1H3/t17?,18-/m0/s1. The summed E-state index contributed by atoms with van der Waals surface area (Å²) in [6.07, 6.45) is 4.63. The molecule has 0 spiro atoms. The Morgan fingerprint density at radius 3 is 2.72 bits per heavy atom. The van der Waals surface area contributed by atoms with Gasteiger partial charge in [0.25, 0.3) is 0 Å². The molecule has 1 aromatic rings. The van der Waals surface area contributed by atoms with Crippen LogP contribution in [0.2, 0.25) is 0 Å². The summed E-state index contributed by atoms with van der Waals surface area (Å²) in [4.78, 5) is 31.2. The molecule has 176 valence electrons. The van der Waals surface area contributed by atoms with Crippen molar-refractivity contribution in [1.82, 2.24) is 14.5 Å². The zero-order chi connectivity index (χ0) is 22.9. The van der Waals surface area contributed by atoms with Crippen molar-refractivity contribution in [2.45, 2.75) is 56.0 Å². The molecule has 0 aromatic heterocycles. The molecule has 10 heteroatoms. The van der Waals surface area contributed by atoms with Crippen LogP contribution in [0.1, 0.15) is 37.7 Å². The molecule has 4 rings (SSSR count). The number of anilines is 1. The highest BCUT2D eigenvalue weighted by molar-refractivity contribution is 7.89. The average molecular weight is 464 g/mol. The van der Waals surface area contributed by atoms with Gasteiger partial charge >= 0.3 is 0 Å². The smallest absolute Gasteiger partial charge is 0.242 e. The van der Waals surface area contributed by atoms with Crippen LogP contribution in [-0.4, -0.2) is 81.4 Å². The van der Waals surface area contributed by atoms with E-state index in [-0.39, 0.29) is 23.3 Å². The Balaban J connectivity index is 1.50. The molecule has 1 unspecified atom stereocenters. The minimum absolute atomic E-state index is 0.00697. The summed E-state index contributed by atoms with van der Waals surface area (Å²) in [5.41, 5.74) is 6.94. The third-order valence-corrected chi connectivity index (χ3v) is 8.51. The summed E-state index contributed by atoms with van der Waals surface area (Å²) in [6.45, 7) is 5.22. The lowest BCUT2D eigenvalue weighted by Crippen LogP contribution is -2.60. The second-order valence-corrected chi connectivity index (χ2v) is 10.6. The van der Waals surface area contributed by atoms with Crippen molar-refractivity contribution in [1.29, 1.82) is 0 Å². The van der Waals surface area contributed by atoms with Crippen LogP contribution >= 0.6 is 0 Å². The minimum Gasteiger partial charge on any atom is -0.338 e. The first-order chi connectivity index (χ1) is 15.3. The highest BCUT2D eigenvalue weighted by atomic mass is 32.2. The number of amides is 2. The van der Waals surface area contributed by atoms with E-state index >= 15 is 0 Å². The third-order valence-electron chi connectivity index (χ3n) is 6.89. The van der Waals surface area contributed by atoms with E-state index in [1.807, 2.05) is 0 Å². The van der Waals surface area contributed by atoms with Gasteiger partial charge in [0.05, 0.1) is 4.90 Å². The van der Waals surface area contributed by atoms with Crippen molar-refractivity contribution in [2.24, 2.45) is 5.73 Å². The molecule has 3 fully saturated rings. The van der Waals surface area contributed by atoms with Crippen molar-refractivity contribution in [3.63, 3.8) is 0 Å². The number of sulfonamides is 1. The zero-order valence-corrected chi connectivity index (χ0v) is 19.4. The molecule has 3 saturated heterocycles. The third kappa shape index (κ3) is 4.54. The van der Waals surface area contributed by atoms with Crippen LogP contribution in [0.5, 0.6) is 0 Å². The first-order valence-corrected chi connectivity index (χ1v) is 13.0. The molecule has 2 amide bonds. The number of hydrogen-bond acceptors (Lipinski definition) is 6. The van der Waals surface area contributed by atoms with Gasteiger partial charge in [0.2, 0.25) is 21.8 Å². The Morgan fingerprint density at radius 1 is 1.19 bits per heavy atom. The van der Waals surface area contributed by atoms with Crippen LogP contribution in [-0.2, 0) is 19.6 Å². The number of nitrogens with zero attached hydrogens (tertiary/aromatic N) is 3. The summed E-state index contributed by atoms with van der Waals surface area (Å²) in [5.74, 6) is -0.280. The monoisotopic (exact) mass is 463 g/mol. The molecule has 9 nitrogen and oxygen atoms in total. The maximum absolute atomic E-state index is 13.2. The molecule has 0 aliphatic carbocycles. The number of piperazine rings is 1. The van der Waals surface area contributed by atoms with Gasteiger partial charge in [-0.15, -0.1) is 0 Å². The number of piperidine rings is 1. The fourth-order valence-corrected chi connectivity index (χ4v) is 6.58. The molecule has 32 heavy (non-hydrogen) atoms. The molecule has 3 aliphatic heterocycles. The van der Waals surface area contributed by atoms with E-state index in [0.29, 0.717) is 43.3 Å². The van der Waals surface area contributed by atoms with Crippen LogP contribution in [0.25, 0.3) is 0 Å². The maximum atomic E-state index is 13.2. The number of benzene rings is 1. The summed E-state index contributed by atoms with van der Waals surface area (Å²) in [7, 11) is -4.00. The first-order valence-electron chi connectivity index (χ1n) is 11.5. The summed E-state index contributed by atoms with van der Waals surface area (Å²) in [6, 6.07) is 4.21. The Morgan fingerprint density at radius 2 is 2.00 bits per heavy atom. The molecule has 0 bridgehead atoms. The maximum Gasteiger partial charge on any atom is 0.242 e. The highest BCUT2D eigenvalue weighted by Crippen LogP contribution is 2.29. The lowest BCUT2D eigenvalue weighted by atomic mass is 9.99. The number of fused-ring (bicyclic) bond motifs is 1. The van der Waals surface area contributed by atoms with Gasteiger partial charge in [0, 0.05) is 50.9 Å². The van der Waals surface area contributed by atoms with Crippen molar-refractivity contribution in [2.75, 3.05) is 44.2 Å². The van der Waals surface area contributed by atoms with Gasteiger partial charge in [-0.1, -0.05) is 12.5 Å². The number of carbonyl (C=O) groups excluding carboxylic acids is 2. The van der Waals surface area contributed by atoms with Gasteiger partial charge < -0.3 is 15.5 Å². The van der Waals surface area contributed by atoms with Crippen LogP contribution < -0.4 is 15.4 Å². The molecule has 2 atom stereocenters. The molecule has 0 saturated carbocycles. The van der Waals surface area contributed by atoms with Gasteiger partial charge in [-0.2, -0.15) is 4.72 Å². The number of nitrogens with two attached hydrogens (primary N) is 1. The molecule has 1 aromatic carbocycles. The number of nitrogens with one attached hydrogen (secondary N) is 1. The Bertz CT molecular complexity index is 983. The largest absolute Gasteiger partial charge is 0.338 e. The average Bonchev–Trinajstić information content (AvgIpc) is 3.22. The normalized spacial score (nSPS) is 23.3. The predicted molar refractivity (Wildman–Crippen MR) is 122 cm³/mol. The quantitative estimate of drug-likeness (QED) is 0.632. The summed E-state index contributed by atoms with van der Waals surface area (Å²) >= 11 is 0. The number of hydrogen-bond donors (Lipinski definition) is 2. The van der Waals surface area contributed by atoms with E-state index in [0.717, 1.165) is 32.4 Å². The molecule has 3 N–H and O–H groups in total. The molecule has 0 radical (unpaired) electrons. The van der Waals surface area contributed by atoms with Crippen molar-refractivity contribution in [3.05, 3.63) is 23.8 Å². The second-order valence-electron chi connectivity index (χ2n) is 8.93. The Kier molecular flexibility index (Phi) is 6.85. The Labute approximate surface area is 190 Å². The van der Waals surface area contributed by atoms with Crippen molar-refractivity contribution < 1.29 is 18.0 Å². The fraction of sp³-hybridized carbons (Fsp3) is 0.636. The Hall–Kier alpha value is -2.01. The molecule has 3 heterocycles. The predicted octanol–water partition coefficient (Wildman–Crippen LogP) is 0.424.